The normalized spacial score (nSPS) is 26.5. The Morgan fingerprint density at radius 3 is 2.47 bits per heavy atom. The summed E-state index contributed by atoms with van der Waals surface area (Å²) in [4.78, 5) is 19.5. The molecule has 3 N–H and O–H groups in total. The minimum atomic E-state index is -0.728. The van der Waals surface area contributed by atoms with Crippen LogP contribution in [-0.4, -0.2) is 35.4 Å². The van der Waals surface area contributed by atoms with Gasteiger partial charge in [-0.2, -0.15) is 0 Å². The van der Waals surface area contributed by atoms with Crippen molar-refractivity contribution in [2.24, 2.45) is 16.6 Å². The van der Waals surface area contributed by atoms with Crippen molar-refractivity contribution >= 4 is 17.6 Å². The summed E-state index contributed by atoms with van der Waals surface area (Å²) in [6.45, 7) is 0. The van der Waals surface area contributed by atoms with E-state index in [9.17, 15) is 4.79 Å². The van der Waals surface area contributed by atoms with E-state index >= 15 is 0 Å². The van der Waals surface area contributed by atoms with Crippen LogP contribution in [0.2, 0.25) is 0 Å². The van der Waals surface area contributed by atoms with Crippen molar-refractivity contribution in [3.05, 3.63) is 66.2 Å². The van der Waals surface area contributed by atoms with Gasteiger partial charge in [-0.05, 0) is 55.7 Å². The Morgan fingerprint density at radius 1 is 1.10 bits per heavy atom. The Labute approximate surface area is 179 Å². The zero-order valence-electron chi connectivity index (χ0n) is 17.8. The lowest BCUT2D eigenvalue weighted by Crippen LogP contribution is -2.44. The van der Waals surface area contributed by atoms with Gasteiger partial charge in [-0.1, -0.05) is 61.4 Å². The number of rotatable bonds is 7. The molecule has 1 fully saturated rings. The fraction of sp³-hybridized carbons (Fsp3) is 0.440. The van der Waals surface area contributed by atoms with E-state index in [1.807, 2.05) is 24.3 Å². The molecule has 1 aliphatic carbocycles. The van der Waals surface area contributed by atoms with Crippen LogP contribution in [0, 0.1) is 5.92 Å². The van der Waals surface area contributed by atoms with Gasteiger partial charge >= 0.3 is 0 Å². The highest BCUT2D eigenvalue weighted by Crippen LogP contribution is 2.39. The SMILES string of the molecule is CN1C(=O)[C@@](CCc2ccccc2)(C[C@H]2CCC[C@H](Nc3ccccc3)C2)N=C1N. The summed E-state index contributed by atoms with van der Waals surface area (Å²) < 4.78 is 0. The molecule has 2 aromatic carbocycles. The summed E-state index contributed by atoms with van der Waals surface area (Å²) in [6, 6.07) is 21.2. The minimum absolute atomic E-state index is 0.0501. The number of aliphatic imine (C=N–C) groups is 1. The molecule has 0 bridgehead atoms. The van der Waals surface area contributed by atoms with E-state index in [-0.39, 0.29) is 5.91 Å². The van der Waals surface area contributed by atoms with Crippen molar-refractivity contribution in [1.29, 1.82) is 0 Å². The first-order valence-corrected chi connectivity index (χ1v) is 11.0. The highest BCUT2D eigenvalue weighted by molar-refractivity contribution is 6.06. The van der Waals surface area contributed by atoms with E-state index in [2.05, 4.69) is 41.7 Å². The largest absolute Gasteiger partial charge is 0.382 e. The average Bonchev–Trinajstić information content (AvgIpc) is 2.98. The summed E-state index contributed by atoms with van der Waals surface area (Å²) >= 11 is 0. The van der Waals surface area contributed by atoms with E-state index in [0.29, 0.717) is 24.3 Å². The van der Waals surface area contributed by atoms with Crippen LogP contribution >= 0.6 is 0 Å². The number of aryl methyl sites for hydroxylation is 1. The van der Waals surface area contributed by atoms with Crippen LogP contribution in [0.25, 0.3) is 0 Å². The number of anilines is 1. The van der Waals surface area contributed by atoms with Crippen molar-refractivity contribution in [1.82, 2.24) is 4.90 Å². The van der Waals surface area contributed by atoms with Crippen LogP contribution in [-0.2, 0) is 11.2 Å². The van der Waals surface area contributed by atoms with Crippen LogP contribution in [0.4, 0.5) is 5.69 Å². The van der Waals surface area contributed by atoms with E-state index in [0.717, 1.165) is 25.7 Å². The zero-order chi connectivity index (χ0) is 21.0. The second kappa shape index (κ2) is 8.90. The Bertz CT molecular complexity index is 883. The molecule has 5 heteroatoms. The van der Waals surface area contributed by atoms with Crippen molar-refractivity contribution in [2.45, 2.75) is 56.5 Å². The lowest BCUT2D eigenvalue weighted by Gasteiger charge is -2.35. The third kappa shape index (κ3) is 4.50. The molecule has 1 heterocycles. The van der Waals surface area contributed by atoms with E-state index in [1.54, 1.807) is 7.05 Å². The van der Waals surface area contributed by atoms with E-state index in [4.69, 9.17) is 10.7 Å². The standard InChI is InChI=1S/C25H32N4O/c1-29-23(30)25(28-24(29)26,16-15-19-9-4-2-5-10-19)18-20-11-8-14-22(17-20)27-21-12-6-3-7-13-21/h2-7,9-10,12-13,20,22,27H,8,11,14-18H2,1H3,(H2,26,28)/t20-,22-,25+/m0/s1. The van der Waals surface area contributed by atoms with Gasteiger partial charge < -0.3 is 11.1 Å². The molecule has 1 saturated carbocycles. The molecule has 0 unspecified atom stereocenters. The topological polar surface area (TPSA) is 70.7 Å². The van der Waals surface area contributed by atoms with Crippen LogP contribution < -0.4 is 11.1 Å². The van der Waals surface area contributed by atoms with Crippen molar-refractivity contribution in [3.8, 4) is 0 Å². The predicted octanol–water partition coefficient (Wildman–Crippen LogP) is 4.21. The number of carbonyl (C=O) groups is 1. The number of hydrogen-bond acceptors (Lipinski definition) is 4. The molecule has 3 atom stereocenters. The Balaban J connectivity index is 1.47. The van der Waals surface area contributed by atoms with Gasteiger partial charge in [0.2, 0.25) is 0 Å². The van der Waals surface area contributed by atoms with Crippen molar-refractivity contribution < 1.29 is 4.79 Å². The third-order valence-electron chi connectivity index (χ3n) is 6.60. The highest BCUT2D eigenvalue weighted by Gasteiger charge is 2.47. The number of nitrogens with two attached hydrogens (primary N) is 1. The smallest absolute Gasteiger partial charge is 0.257 e. The minimum Gasteiger partial charge on any atom is -0.382 e. The number of guanidine groups is 1. The average molecular weight is 405 g/mol. The first kappa shape index (κ1) is 20.5. The predicted molar refractivity (Wildman–Crippen MR) is 122 cm³/mol. The molecular weight excluding hydrogens is 372 g/mol. The number of hydrogen-bond donors (Lipinski definition) is 2. The maximum Gasteiger partial charge on any atom is 0.257 e. The Hall–Kier alpha value is -2.82. The summed E-state index contributed by atoms with van der Waals surface area (Å²) in [6.07, 6.45) is 6.86. The number of amides is 1. The van der Waals surface area contributed by atoms with Gasteiger partial charge in [0.15, 0.2) is 5.96 Å². The van der Waals surface area contributed by atoms with Gasteiger partial charge in [0.25, 0.3) is 5.91 Å². The molecule has 2 aliphatic rings. The molecule has 30 heavy (non-hydrogen) atoms. The molecule has 0 saturated heterocycles. The highest BCUT2D eigenvalue weighted by atomic mass is 16.2. The molecule has 0 aromatic heterocycles. The first-order chi connectivity index (χ1) is 14.6. The Morgan fingerprint density at radius 2 is 1.80 bits per heavy atom. The van der Waals surface area contributed by atoms with Gasteiger partial charge in [-0.25, -0.2) is 4.99 Å². The molecule has 1 aliphatic heterocycles. The Kier molecular flexibility index (Phi) is 6.07. The third-order valence-corrected chi connectivity index (χ3v) is 6.60. The lowest BCUT2D eigenvalue weighted by atomic mass is 9.75. The molecule has 4 rings (SSSR count). The lowest BCUT2D eigenvalue weighted by molar-refractivity contribution is -0.131. The number of likely N-dealkylation sites (N-methyl/N-ethyl adjacent to an activating group) is 1. The molecule has 0 spiro atoms. The summed E-state index contributed by atoms with van der Waals surface area (Å²) in [5, 5.41) is 3.68. The molecule has 0 radical (unpaired) electrons. The fourth-order valence-corrected chi connectivity index (χ4v) is 5.01. The molecule has 5 nitrogen and oxygen atoms in total. The molecule has 1 amide bonds. The maximum atomic E-state index is 13.2. The van der Waals surface area contributed by atoms with Gasteiger partial charge in [-0.15, -0.1) is 0 Å². The van der Waals surface area contributed by atoms with Gasteiger partial charge in [0.05, 0.1) is 0 Å². The number of nitrogens with zero attached hydrogens (tertiary/aromatic N) is 2. The first-order valence-electron chi connectivity index (χ1n) is 11.0. The maximum absolute atomic E-state index is 13.2. The van der Waals surface area contributed by atoms with Crippen LogP contribution in [0.1, 0.15) is 44.1 Å². The second-order valence-corrected chi connectivity index (χ2v) is 8.80. The quantitative estimate of drug-likeness (QED) is 0.726. The van der Waals surface area contributed by atoms with Gasteiger partial charge in [-0.3, -0.25) is 9.69 Å². The summed E-state index contributed by atoms with van der Waals surface area (Å²) in [7, 11) is 1.74. The molecular formula is C25H32N4O. The number of nitrogens with one attached hydrogen (secondary N) is 1. The zero-order valence-corrected chi connectivity index (χ0v) is 17.8. The second-order valence-electron chi connectivity index (χ2n) is 8.80. The van der Waals surface area contributed by atoms with Gasteiger partial charge in [0, 0.05) is 18.8 Å². The van der Waals surface area contributed by atoms with Crippen LogP contribution in [0.3, 0.4) is 0 Å². The van der Waals surface area contributed by atoms with Crippen molar-refractivity contribution in [3.63, 3.8) is 0 Å². The number of para-hydroxylation sites is 1. The van der Waals surface area contributed by atoms with Crippen LogP contribution in [0.15, 0.2) is 65.7 Å². The number of carbonyl (C=O) groups excluding carboxylic acids is 1. The number of benzene rings is 2. The van der Waals surface area contributed by atoms with E-state index in [1.165, 1.54) is 29.0 Å². The molecule has 158 valence electrons. The van der Waals surface area contributed by atoms with Crippen molar-refractivity contribution in [2.75, 3.05) is 12.4 Å². The summed E-state index contributed by atoms with van der Waals surface area (Å²) in [5.41, 5.74) is 7.77. The fourth-order valence-electron chi connectivity index (χ4n) is 5.01. The van der Waals surface area contributed by atoms with E-state index < -0.39 is 5.54 Å². The van der Waals surface area contributed by atoms with Gasteiger partial charge in [0.1, 0.15) is 5.54 Å². The monoisotopic (exact) mass is 404 g/mol. The summed E-state index contributed by atoms with van der Waals surface area (Å²) in [5.74, 6) is 0.861. The molecule has 2 aromatic rings. The van der Waals surface area contributed by atoms with Crippen LogP contribution in [0.5, 0.6) is 0 Å².